The Morgan fingerprint density at radius 2 is 0.604 bits per heavy atom. The molecule has 0 aliphatic carbocycles. The summed E-state index contributed by atoms with van der Waals surface area (Å²) < 4.78 is 136. The summed E-state index contributed by atoms with van der Waals surface area (Å²) >= 11 is 6.72. The lowest BCUT2D eigenvalue weighted by Gasteiger charge is -2.20. The maximum Gasteiger partial charge on any atom is 0.342 e. The molecular formula is C90H78Br2F8N20O14. The van der Waals surface area contributed by atoms with E-state index in [0.29, 0.717) is 79.1 Å². The average molecular weight is 1980 g/mol. The number of aliphatic hydroxyl groups is 2. The van der Waals surface area contributed by atoms with E-state index < -0.39 is 119 Å². The van der Waals surface area contributed by atoms with Crippen molar-refractivity contribution >= 4 is 102 Å². The average Bonchev–Trinajstić information content (AvgIpc) is 1.78. The third kappa shape index (κ3) is 24.5. The first-order valence-electron chi connectivity index (χ1n) is 40.2. The lowest BCUT2D eigenvalue weighted by atomic mass is 10.1. The van der Waals surface area contributed by atoms with Crippen LogP contribution in [0.15, 0.2) is 180 Å². The number of halogens is 10. The molecule has 0 radical (unpaired) electrons. The lowest BCUT2D eigenvalue weighted by Crippen LogP contribution is -2.50. The van der Waals surface area contributed by atoms with Gasteiger partial charge in [0.05, 0.1) is 47.5 Å². The number of ether oxygens (including phenoxy) is 4. The first-order valence-corrected chi connectivity index (χ1v) is 41.8. The van der Waals surface area contributed by atoms with Crippen LogP contribution in [0.1, 0.15) is 83.3 Å². The zero-order valence-electron chi connectivity index (χ0n) is 71.9. The Morgan fingerprint density at radius 1 is 0.373 bits per heavy atom. The molecule has 4 aromatic carbocycles. The van der Waals surface area contributed by atoms with Crippen molar-refractivity contribution in [2.45, 2.75) is 88.7 Å². The molecule has 44 heteroatoms. The Labute approximate surface area is 773 Å². The number of nitrogens with zero attached hydrogens (tertiary/aromatic N) is 16. The summed E-state index contributed by atoms with van der Waals surface area (Å²) in [7, 11) is 6.30. The Balaban J connectivity index is 0.000000152. The SMILES string of the molecule is CN1C(=O)C(NC(=O)n2cc(Cc3ccc(F)nc3F)cn2)COc2ccc(Br)cc21.CN1C(=O)C(NC(=O)n2cc(Cc3ccc(F)nc3F)cn2)COc2ccc(C#CC(C)(C)O)cc21.CN1C(=O)[C@H](NC(=O)n2cc(Cc3ccc(F)nc3F)cn2)COc2ccc(Br)cc21.CN1C(=O)[C@H](NC(=O)n2cc(Cc3ccc(F)nc3F)cn2)COc2ccc(C#CC(C)(C)O)cc21. The number of benzene rings is 4. The van der Waals surface area contributed by atoms with E-state index in [4.69, 9.17) is 18.9 Å². The van der Waals surface area contributed by atoms with Crippen LogP contribution in [0.2, 0.25) is 0 Å². The second kappa shape index (κ2) is 41.4. The van der Waals surface area contributed by atoms with E-state index in [1.807, 2.05) is 0 Å². The molecule has 2 unspecified atom stereocenters. The Morgan fingerprint density at radius 3 is 0.836 bits per heavy atom. The molecular weight excluding hydrogens is 1900 g/mol. The molecule has 4 atom stereocenters. The molecule has 8 aromatic heterocycles. The van der Waals surface area contributed by atoms with Gasteiger partial charge in [-0.2, -0.15) is 94.2 Å². The molecule has 34 nitrogen and oxygen atoms in total. The van der Waals surface area contributed by atoms with E-state index in [0.717, 1.165) is 51.9 Å². The Bertz CT molecular complexity index is 6290. The van der Waals surface area contributed by atoms with Crippen LogP contribution in [0, 0.1) is 71.3 Å². The molecule has 0 saturated carbocycles. The summed E-state index contributed by atoms with van der Waals surface area (Å²) in [5.41, 5.74) is 3.55. The molecule has 12 heterocycles. The smallest absolute Gasteiger partial charge is 0.342 e. The molecule has 692 valence electrons. The van der Waals surface area contributed by atoms with Gasteiger partial charge in [0.1, 0.15) is 84.8 Å². The normalized spacial score (nSPS) is 15.6. The van der Waals surface area contributed by atoms with Crippen molar-refractivity contribution in [2.75, 3.05) is 74.2 Å². The number of carbonyl (C=O) groups excluding carboxylic acids is 8. The van der Waals surface area contributed by atoms with Gasteiger partial charge in [-0.3, -0.25) is 19.2 Å². The molecule has 4 aliphatic rings. The standard InChI is InChI=1S/2C25H23F2N5O4.2C20H16BrF2N5O3/c2*1-25(2,35)9-8-15-4-6-20-19(11-15)31(3)23(33)18(14-36-20)29-24(34)32-13-16(12-28-32)10-17-5-7-21(26)30-22(17)27;2*1-27-15-7-13(21)3-4-16(15)31-10-14(19(27)29)25-20(30)28-9-11(8-24-28)6-12-2-5-17(22)26-18(12)23/h2*4-7,11-13,18,35H,10,14H2,1-3H3,(H,29,34);2*2-5,7-9,14H,6,10H2,1H3,(H,25,30)/t18-;;14-;/m1.1./s1. The molecule has 6 N–H and O–H groups in total. The highest BCUT2D eigenvalue weighted by Gasteiger charge is 2.37. The van der Waals surface area contributed by atoms with Gasteiger partial charge in [0.15, 0.2) is 0 Å². The highest BCUT2D eigenvalue weighted by molar-refractivity contribution is 9.10. The number of pyridine rings is 4. The predicted molar refractivity (Wildman–Crippen MR) is 471 cm³/mol. The van der Waals surface area contributed by atoms with Crippen molar-refractivity contribution in [3.8, 4) is 46.7 Å². The number of nitrogens with one attached hydrogen (secondary N) is 4. The molecule has 0 bridgehead atoms. The van der Waals surface area contributed by atoms with Gasteiger partial charge >= 0.3 is 24.1 Å². The number of hydrogen-bond donors (Lipinski definition) is 6. The molecule has 134 heavy (non-hydrogen) atoms. The molecule has 12 aromatic rings. The zero-order chi connectivity index (χ0) is 96.3. The first kappa shape index (κ1) is 96.3. The summed E-state index contributed by atoms with van der Waals surface area (Å²) in [6, 6.07) is 23.4. The lowest BCUT2D eigenvalue weighted by molar-refractivity contribution is -0.121. The molecule has 0 saturated heterocycles. The van der Waals surface area contributed by atoms with Gasteiger partial charge in [0.25, 0.3) is 23.6 Å². The topological polar surface area (TPSA) is 398 Å². The van der Waals surface area contributed by atoms with Gasteiger partial charge in [-0.15, -0.1) is 0 Å². The number of anilines is 4. The van der Waals surface area contributed by atoms with Crippen molar-refractivity contribution in [2.24, 2.45) is 0 Å². The maximum atomic E-state index is 13.8. The van der Waals surface area contributed by atoms with Crippen molar-refractivity contribution in [3.05, 3.63) is 283 Å². The van der Waals surface area contributed by atoms with Gasteiger partial charge in [-0.1, -0.05) is 55.5 Å². The van der Waals surface area contributed by atoms with Crippen LogP contribution in [0.25, 0.3) is 0 Å². The van der Waals surface area contributed by atoms with Crippen LogP contribution in [0.5, 0.6) is 23.0 Å². The van der Waals surface area contributed by atoms with Gasteiger partial charge in [-0.05, 0) is 171 Å². The highest BCUT2D eigenvalue weighted by Crippen LogP contribution is 2.37. The van der Waals surface area contributed by atoms with Gasteiger partial charge in [-0.25, -0.2) is 19.2 Å². The summed E-state index contributed by atoms with van der Waals surface area (Å²) in [6.45, 7) is 5.93. The minimum atomic E-state index is -1.17. The minimum Gasteiger partial charge on any atom is -0.489 e. The summed E-state index contributed by atoms with van der Waals surface area (Å²) in [5, 5.41) is 45.9. The van der Waals surface area contributed by atoms with Gasteiger partial charge in [0.2, 0.25) is 47.6 Å². The second-order valence-corrected chi connectivity index (χ2v) is 33.1. The second-order valence-electron chi connectivity index (χ2n) is 31.3. The van der Waals surface area contributed by atoms with Crippen molar-refractivity contribution in [3.63, 3.8) is 0 Å². The fourth-order valence-corrected chi connectivity index (χ4v) is 13.9. The maximum absolute atomic E-state index is 13.8. The van der Waals surface area contributed by atoms with Gasteiger partial charge in [0, 0.05) is 121 Å². The predicted octanol–water partition coefficient (Wildman–Crippen LogP) is 10.3. The number of rotatable bonds is 12. The van der Waals surface area contributed by atoms with E-state index in [1.54, 1.807) is 129 Å². The van der Waals surface area contributed by atoms with Crippen molar-refractivity contribution < 1.29 is 103 Å². The van der Waals surface area contributed by atoms with Crippen LogP contribution in [0.3, 0.4) is 0 Å². The summed E-state index contributed by atoms with van der Waals surface area (Å²) in [5.74, 6) is 4.14. The van der Waals surface area contributed by atoms with Crippen LogP contribution in [-0.4, -0.2) is 207 Å². The van der Waals surface area contributed by atoms with E-state index >= 15 is 0 Å². The number of likely N-dealkylation sites (N-methyl/N-ethyl adjacent to an activating group) is 4. The van der Waals surface area contributed by atoms with E-state index in [-0.39, 0.29) is 86.2 Å². The fraction of sp³-hybridized carbons (Fsp3) is 0.244. The third-order valence-electron chi connectivity index (χ3n) is 20.1. The quantitative estimate of drug-likeness (QED) is 0.0376. The van der Waals surface area contributed by atoms with Crippen LogP contribution in [-0.2, 0) is 44.9 Å². The molecule has 0 spiro atoms. The monoisotopic (exact) mass is 1970 g/mol. The first-order chi connectivity index (χ1) is 63.6. The molecule has 16 rings (SSSR count). The number of amides is 8. The van der Waals surface area contributed by atoms with Crippen LogP contribution in [0.4, 0.5) is 77.1 Å². The zero-order valence-corrected chi connectivity index (χ0v) is 75.0. The Hall–Kier alpha value is -15.3. The summed E-state index contributed by atoms with van der Waals surface area (Å²) in [6.07, 6.45) is 11.3. The van der Waals surface area contributed by atoms with E-state index in [1.165, 1.54) is 93.4 Å². The molecule has 4 aliphatic heterocycles. The number of hydrogen-bond acceptors (Lipinski definition) is 22. The van der Waals surface area contributed by atoms with Crippen LogP contribution < -0.4 is 59.8 Å². The van der Waals surface area contributed by atoms with E-state index in [2.05, 4.69) is 117 Å². The highest BCUT2D eigenvalue weighted by atomic mass is 79.9. The number of carbonyl (C=O) groups is 8. The van der Waals surface area contributed by atoms with Crippen LogP contribution >= 0.6 is 31.9 Å². The summed E-state index contributed by atoms with van der Waals surface area (Å²) in [4.78, 5) is 121. The van der Waals surface area contributed by atoms with E-state index in [9.17, 15) is 83.7 Å². The third-order valence-corrected chi connectivity index (χ3v) is 21.1. The Kier molecular flexibility index (Phi) is 29.8. The molecule has 8 amide bonds. The fourth-order valence-electron chi connectivity index (χ4n) is 13.2. The minimum absolute atomic E-state index is 0.0502. The number of aromatic nitrogens is 12. The molecule has 0 fully saturated rings. The van der Waals surface area contributed by atoms with Crippen molar-refractivity contribution in [1.82, 2.24) is 80.3 Å². The van der Waals surface area contributed by atoms with Crippen molar-refractivity contribution in [1.29, 1.82) is 0 Å². The number of fused-ring (bicyclic) bond motifs is 4. The van der Waals surface area contributed by atoms with Gasteiger partial charge < -0.3 is 70.0 Å². The largest absolute Gasteiger partial charge is 0.489 e.